The number of hydrogen-bond acceptors (Lipinski definition) is 6. The summed E-state index contributed by atoms with van der Waals surface area (Å²) in [7, 11) is 1.28. The van der Waals surface area contributed by atoms with Crippen molar-refractivity contribution in [1.29, 1.82) is 0 Å². The van der Waals surface area contributed by atoms with Crippen LogP contribution in [0.15, 0.2) is 0 Å². The molecule has 0 aromatic heterocycles. The second-order valence-corrected chi connectivity index (χ2v) is 3.89. The van der Waals surface area contributed by atoms with Gasteiger partial charge in [-0.15, -0.1) is 0 Å². The van der Waals surface area contributed by atoms with Gasteiger partial charge in [-0.1, -0.05) is 0 Å². The van der Waals surface area contributed by atoms with E-state index in [2.05, 4.69) is 5.32 Å². The molecule has 0 spiro atoms. The van der Waals surface area contributed by atoms with Crippen LogP contribution in [0.1, 0.15) is 6.92 Å². The molecule has 7 nitrogen and oxygen atoms in total. The van der Waals surface area contributed by atoms with Crippen molar-refractivity contribution in [1.82, 2.24) is 5.32 Å². The maximum absolute atomic E-state index is 10.9. The summed E-state index contributed by atoms with van der Waals surface area (Å²) in [5.74, 6) is -0.429. The van der Waals surface area contributed by atoms with Crippen molar-refractivity contribution < 1.29 is 30.0 Å². The van der Waals surface area contributed by atoms with Gasteiger partial charge in [-0.25, -0.2) is 0 Å². The third kappa shape index (κ3) is 2.33. The number of rotatable bonds is 2. The van der Waals surface area contributed by atoms with Gasteiger partial charge in [0.2, 0.25) is 5.91 Å². The van der Waals surface area contributed by atoms with E-state index in [0.717, 1.165) is 0 Å². The van der Waals surface area contributed by atoms with E-state index in [9.17, 15) is 25.2 Å². The van der Waals surface area contributed by atoms with Gasteiger partial charge in [0.15, 0.2) is 0 Å². The van der Waals surface area contributed by atoms with Crippen LogP contribution in [0.5, 0.6) is 0 Å². The minimum Gasteiger partial charge on any atom is -0.388 e. The highest BCUT2D eigenvalue weighted by Crippen LogP contribution is 2.23. The lowest BCUT2D eigenvalue weighted by molar-refractivity contribution is -0.197. The fraction of sp³-hybridized carbons (Fsp3) is 0.889. The van der Waals surface area contributed by atoms with Crippen LogP contribution >= 0.6 is 0 Å². The molecule has 94 valence electrons. The lowest BCUT2D eigenvalue weighted by Crippen LogP contribution is -2.68. The molecule has 5 N–H and O–H groups in total. The van der Waals surface area contributed by atoms with Crippen LogP contribution in [0.4, 0.5) is 0 Å². The molecular weight excluding hydrogens is 218 g/mol. The molecule has 1 aliphatic rings. The van der Waals surface area contributed by atoms with Crippen LogP contribution in [-0.2, 0) is 9.53 Å². The van der Waals surface area contributed by atoms with Crippen molar-refractivity contribution >= 4 is 5.91 Å². The van der Waals surface area contributed by atoms with Crippen LogP contribution < -0.4 is 5.32 Å². The highest BCUT2D eigenvalue weighted by Gasteiger charge is 2.49. The number of amides is 1. The standard InChI is InChI=1S/C9H17NO6/c1-3(11)10-4-5(12)6(13)7(14)8(15)9(4)16-2/h4-9,12-15H,1-2H3,(H,10,11)/t4?,5-,6+,7-,8+,9+/m0/s1. The van der Waals surface area contributed by atoms with E-state index in [4.69, 9.17) is 4.74 Å². The number of hydrogen-bond donors (Lipinski definition) is 5. The summed E-state index contributed by atoms with van der Waals surface area (Å²) in [5.41, 5.74) is 0. The summed E-state index contributed by atoms with van der Waals surface area (Å²) in [6.07, 6.45) is -6.78. The fourth-order valence-electron chi connectivity index (χ4n) is 1.91. The number of carbonyl (C=O) groups excluding carboxylic acids is 1. The van der Waals surface area contributed by atoms with Crippen molar-refractivity contribution in [3.63, 3.8) is 0 Å². The molecule has 16 heavy (non-hydrogen) atoms. The number of aliphatic hydroxyl groups excluding tert-OH is 4. The quantitative estimate of drug-likeness (QED) is 0.347. The van der Waals surface area contributed by atoms with Gasteiger partial charge in [-0.05, 0) is 0 Å². The molecule has 0 saturated heterocycles. The molecule has 0 radical (unpaired) electrons. The van der Waals surface area contributed by atoms with E-state index >= 15 is 0 Å². The molecule has 1 unspecified atom stereocenters. The Bertz CT molecular complexity index is 260. The molecule has 0 aliphatic heterocycles. The number of ether oxygens (including phenoxy) is 1. The van der Waals surface area contributed by atoms with Crippen molar-refractivity contribution in [3.8, 4) is 0 Å². The summed E-state index contributed by atoms with van der Waals surface area (Å²) in [4.78, 5) is 10.9. The van der Waals surface area contributed by atoms with E-state index in [1.54, 1.807) is 0 Å². The van der Waals surface area contributed by atoms with Gasteiger partial charge in [0.1, 0.15) is 30.5 Å². The van der Waals surface area contributed by atoms with E-state index in [0.29, 0.717) is 0 Å². The van der Waals surface area contributed by atoms with Crippen molar-refractivity contribution in [2.24, 2.45) is 0 Å². The van der Waals surface area contributed by atoms with E-state index in [-0.39, 0.29) is 0 Å². The van der Waals surface area contributed by atoms with Gasteiger partial charge in [0, 0.05) is 14.0 Å². The van der Waals surface area contributed by atoms with Crippen LogP contribution in [0.2, 0.25) is 0 Å². The fourth-order valence-corrected chi connectivity index (χ4v) is 1.91. The number of nitrogens with one attached hydrogen (secondary N) is 1. The largest absolute Gasteiger partial charge is 0.388 e. The predicted octanol–water partition coefficient (Wildman–Crippen LogP) is -3.04. The second-order valence-electron chi connectivity index (χ2n) is 3.89. The predicted molar refractivity (Wildman–Crippen MR) is 52.4 cm³/mol. The second kappa shape index (κ2) is 5.07. The number of carbonyl (C=O) groups is 1. The molecule has 1 amide bonds. The summed E-state index contributed by atoms with van der Waals surface area (Å²) >= 11 is 0. The van der Waals surface area contributed by atoms with Crippen molar-refractivity contribution in [2.75, 3.05) is 7.11 Å². The first-order valence-corrected chi connectivity index (χ1v) is 4.92. The van der Waals surface area contributed by atoms with E-state index in [1.165, 1.54) is 14.0 Å². The van der Waals surface area contributed by atoms with Gasteiger partial charge < -0.3 is 30.5 Å². The average Bonchev–Trinajstić information content (AvgIpc) is 2.23. The SMILES string of the molecule is CO[C@@H]1C(NC(C)=O)[C@H](O)[C@@H](O)[C@H](O)[C@H]1O. The molecule has 6 atom stereocenters. The zero-order valence-electron chi connectivity index (χ0n) is 9.07. The zero-order valence-corrected chi connectivity index (χ0v) is 9.07. The number of methoxy groups -OCH3 is 1. The monoisotopic (exact) mass is 235 g/mol. The maximum Gasteiger partial charge on any atom is 0.217 e. The molecule has 7 heteroatoms. The minimum atomic E-state index is -1.53. The molecule has 0 aromatic rings. The Morgan fingerprint density at radius 3 is 2.00 bits per heavy atom. The molecular formula is C9H17NO6. The first-order valence-electron chi connectivity index (χ1n) is 4.92. The van der Waals surface area contributed by atoms with Gasteiger partial charge in [-0.3, -0.25) is 4.79 Å². The number of aliphatic hydroxyl groups is 4. The Morgan fingerprint density at radius 1 is 1.06 bits per heavy atom. The maximum atomic E-state index is 10.9. The molecule has 0 bridgehead atoms. The normalized spacial score (nSPS) is 44.1. The van der Waals surface area contributed by atoms with Crippen LogP contribution in [0.3, 0.4) is 0 Å². The van der Waals surface area contributed by atoms with Gasteiger partial charge in [-0.2, -0.15) is 0 Å². The Kier molecular flexibility index (Phi) is 4.22. The first-order chi connectivity index (χ1) is 7.40. The van der Waals surface area contributed by atoms with Crippen molar-refractivity contribution in [3.05, 3.63) is 0 Å². The average molecular weight is 235 g/mol. The Morgan fingerprint density at radius 2 is 1.56 bits per heavy atom. The zero-order chi connectivity index (χ0) is 12.5. The minimum absolute atomic E-state index is 0.429. The Labute approximate surface area is 92.7 Å². The first kappa shape index (κ1) is 13.3. The molecule has 0 heterocycles. The summed E-state index contributed by atoms with van der Waals surface area (Å²) in [6, 6.07) is -0.962. The Hall–Kier alpha value is -0.730. The Balaban J connectivity index is 2.88. The van der Waals surface area contributed by atoms with Crippen LogP contribution in [0.25, 0.3) is 0 Å². The molecule has 1 fully saturated rings. The van der Waals surface area contributed by atoms with E-state index < -0.39 is 42.5 Å². The summed E-state index contributed by atoms with van der Waals surface area (Å²) in [6.45, 7) is 1.24. The molecule has 1 saturated carbocycles. The van der Waals surface area contributed by atoms with Crippen molar-refractivity contribution in [2.45, 2.75) is 43.5 Å². The third-order valence-electron chi connectivity index (χ3n) is 2.75. The molecule has 1 aliphatic carbocycles. The highest BCUT2D eigenvalue weighted by molar-refractivity contribution is 5.73. The smallest absolute Gasteiger partial charge is 0.217 e. The third-order valence-corrected chi connectivity index (χ3v) is 2.75. The highest BCUT2D eigenvalue weighted by atomic mass is 16.5. The van der Waals surface area contributed by atoms with Gasteiger partial charge >= 0.3 is 0 Å². The van der Waals surface area contributed by atoms with Gasteiger partial charge in [0.05, 0.1) is 6.04 Å². The van der Waals surface area contributed by atoms with Gasteiger partial charge in [0.25, 0.3) is 0 Å². The summed E-state index contributed by atoms with van der Waals surface area (Å²) < 4.78 is 4.91. The molecule has 0 aromatic carbocycles. The lowest BCUT2D eigenvalue weighted by Gasteiger charge is -2.43. The van der Waals surface area contributed by atoms with E-state index in [1.807, 2.05) is 0 Å². The van der Waals surface area contributed by atoms with Crippen LogP contribution in [-0.4, -0.2) is 70.0 Å². The topological polar surface area (TPSA) is 119 Å². The lowest BCUT2D eigenvalue weighted by atomic mass is 9.83. The van der Waals surface area contributed by atoms with Crippen LogP contribution in [0, 0.1) is 0 Å². The molecule has 1 rings (SSSR count). The summed E-state index contributed by atoms with van der Waals surface area (Å²) in [5, 5.41) is 40.5.